The molecule has 1 atom stereocenters. The number of anilines is 1. The molecule has 1 aliphatic heterocycles. The second-order valence-corrected chi connectivity index (χ2v) is 10.6. The maximum absolute atomic E-state index is 14.7. The number of hydrogen-bond acceptors (Lipinski definition) is 7. The molecule has 10 nitrogen and oxygen atoms in total. The fourth-order valence-corrected chi connectivity index (χ4v) is 5.71. The van der Waals surface area contributed by atoms with Crippen molar-refractivity contribution in [3.8, 4) is 16.8 Å². The van der Waals surface area contributed by atoms with Crippen molar-refractivity contribution in [2.45, 2.75) is 12.5 Å². The predicted octanol–water partition coefficient (Wildman–Crippen LogP) is 5.44. The lowest BCUT2D eigenvalue weighted by Crippen LogP contribution is -2.45. The molecule has 0 fully saturated rings. The number of benzene rings is 3. The Kier molecular flexibility index (Phi) is 6.99. The largest absolute Gasteiger partial charge is 0.324 e. The second-order valence-electron chi connectivity index (χ2n) is 10.2. The fraction of sp³-hybridized carbons (Fsp3) is 0.0938. The van der Waals surface area contributed by atoms with Gasteiger partial charge in [-0.2, -0.15) is 0 Å². The van der Waals surface area contributed by atoms with Crippen molar-refractivity contribution < 1.29 is 14.0 Å². The van der Waals surface area contributed by atoms with Crippen molar-refractivity contribution >= 4 is 40.0 Å². The highest BCUT2D eigenvalue weighted by Gasteiger charge is 2.38. The van der Waals surface area contributed by atoms with Crippen LogP contribution in [0.5, 0.6) is 0 Å². The third-order valence-corrected chi connectivity index (χ3v) is 7.85. The summed E-state index contributed by atoms with van der Waals surface area (Å²) in [5, 5.41) is 11.8. The molecule has 1 N–H and O–H groups in total. The number of aromatic nitrogens is 6. The number of rotatable bonds is 5. The first-order chi connectivity index (χ1) is 21.5. The van der Waals surface area contributed by atoms with E-state index in [0.29, 0.717) is 17.7 Å². The summed E-state index contributed by atoms with van der Waals surface area (Å²) in [7, 11) is 0. The van der Waals surface area contributed by atoms with Crippen LogP contribution in [0.4, 0.5) is 10.1 Å². The SMILES string of the molecule is O=C(Nc1ccc2ncccc2c1)C1c2cccc(-c3cncnc3)c2CCN1C(=O)c1cn(-c2cccc(Cl)c2F)nn1. The molecular formula is C32H22ClFN8O2. The smallest absolute Gasteiger partial charge is 0.277 e. The highest BCUT2D eigenvalue weighted by molar-refractivity contribution is 6.30. The van der Waals surface area contributed by atoms with Crippen molar-refractivity contribution in [2.75, 3.05) is 11.9 Å². The molecule has 1 unspecified atom stereocenters. The van der Waals surface area contributed by atoms with Crippen molar-refractivity contribution in [3.63, 3.8) is 0 Å². The zero-order valence-electron chi connectivity index (χ0n) is 22.9. The van der Waals surface area contributed by atoms with Crippen LogP contribution in [0.1, 0.15) is 27.7 Å². The molecule has 1 aliphatic rings. The average Bonchev–Trinajstić information content (AvgIpc) is 3.55. The van der Waals surface area contributed by atoms with E-state index in [-0.39, 0.29) is 22.9 Å². The van der Waals surface area contributed by atoms with E-state index < -0.39 is 23.7 Å². The fourth-order valence-electron chi connectivity index (χ4n) is 5.54. The van der Waals surface area contributed by atoms with Gasteiger partial charge in [0.25, 0.3) is 11.8 Å². The van der Waals surface area contributed by atoms with Gasteiger partial charge in [-0.05, 0) is 59.5 Å². The summed E-state index contributed by atoms with van der Waals surface area (Å²) < 4.78 is 15.8. The Labute approximate surface area is 255 Å². The van der Waals surface area contributed by atoms with Gasteiger partial charge in [-0.1, -0.05) is 47.1 Å². The zero-order valence-corrected chi connectivity index (χ0v) is 23.7. The van der Waals surface area contributed by atoms with Gasteiger partial charge in [-0.3, -0.25) is 14.6 Å². The molecule has 0 saturated heterocycles. The number of pyridine rings is 1. The van der Waals surface area contributed by atoms with Crippen LogP contribution in [0.2, 0.25) is 5.02 Å². The van der Waals surface area contributed by atoms with E-state index in [2.05, 4.69) is 30.6 Å². The molecule has 2 amide bonds. The summed E-state index contributed by atoms with van der Waals surface area (Å²) in [6, 6.07) is 18.3. The molecule has 4 heterocycles. The van der Waals surface area contributed by atoms with Crippen LogP contribution in [0, 0.1) is 5.82 Å². The van der Waals surface area contributed by atoms with Crippen molar-refractivity contribution in [1.29, 1.82) is 0 Å². The van der Waals surface area contributed by atoms with Crippen molar-refractivity contribution in [1.82, 2.24) is 34.8 Å². The highest BCUT2D eigenvalue weighted by Crippen LogP contribution is 2.37. The maximum Gasteiger partial charge on any atom is 0.277 e. The Morgan fingerprint density at radius 3 is 2.70 bits per heavy atom. The number of carbonyl (C=O) groups excluding carboxylic acids is 2. The van der Waals surface area contributed by atoms with Gasteiger partial charge >= 0.3 is 0 Å². The third kappa shape index (κ3) is 4.92. The lowest BCUT2D eigenvalue weighted by Gasteiger charge is -2.36. The molecule has 6 aromatic rings. The number of halogens is 2. The summed E-state index contributed by atoms with van der Waals surface area (Å²) in [5.41, 5.74) is 4.61. The van der Waals surface area contributed by atoms with Crippen LogP contribution >= 0.6 is 11.6 Å². The van der Waals surface area contributed by atoms with Crippen LogP contribution in [0.3, 0.4) is 0 Å². The lowest BCUT2D eigenvalue weighted by atomic mass is 9.86. The summed E-state index contributed by atoms with van der Waals surface area (Å²) >= 11 is 5.94. The minimum absolute atomic E-state index is 0.0443. The molecule has 0 saturated carbocycles. The first-order valence-electron chi connectivity index (χ1n) is 13.7. The number of carbonyl (C=O) groups is 2. The van der Waals surface area contributed by atoms with E-state index >= 15 is 0 Å². The second kappa shape index (κ2) is 11.3. The van der Waals surface area contributed by atoms with E-state index in [9.17, 15) is 14.0 Å². The molecule has 216 valence electrons. The minimum Gasteiger partial charge on any atom is -0.324 e. The Hall–Kier alpha value is -5.55. The Morgan fingerprint density at radius 1 is 1.00 bits per heavy atom. The summed E-state index contributed by atoms with van der Waals surface area (Å²) in [5.74, 6) is -1.62. The van der Waals surface area contributed by atoms with Crippen LogP contribution in [-0.2, 0) is 11.2 Å². The van der Waals surface area contributed by atoms with E-state index in [1.807, 2.05) is 42.5 Å². The Morgan fingerprint density at radius 2 is 1.84 bits per heavy atom. The lowest BCUT2D eigenvalue weighted by molar-refractivity contribution is -0.121. The quantitative estimate of drug-likeness (QED) is 0.278. The first kappa shape index (κ1) is 27.3. The Balaban J connectivity index is 1.28. The maximum atomic E-state index is 14.7. The number of fused-ring (bicyclic) bond motifs is 2. The number of hydrogen-bond donors (Lipinski definition) is 1. The summed E-state index contributed by atoms with van der Waals surface area (Å²) in [4.78, 5) is 42.2. The number of nitrogens with zero attached hydrogens (tertiary/aromatic N) is 7. The topological polar surface area (TPSA) is 119 Å². The van der Waals surface area contributed by atoms with Crippen LogP contribution in [0.25, 0.3) is 27.7 Å². The highest BCUT2D eigenvalue weighted by atomic mass is 35.5. The van der Waals surface area contributed by atoms with Crippen molar-refractivity contribution in [3.05, 3.63) is 126 Å². The minimum atomic E-state index is -1.01. The van der Waals surface area contributed by atoms with Gasteiger partial charge < -0.3 is 10.2 Å². The zero-order chi connectivity index (χ0) is 30.2. The van der Waals surface area contributed by atoms with E-state index in [0.717, 1.165) is 32.3 Å². The molecular weight excluding hydrogens is 583 g/mol. The third-order valence-electron chi connectivity index (χ3n) is 7.56. The first-order valence-corrected chi connectivity index (χ1v) is 14.1. The number of amides is 2. The van der Waals surface area contributed by atoms with Gasteiger partial charge in [-0.15, -0.1) is 5.10 Å². The molecule has 44 heavy (non-hydrogen) atoms. The van der Waals surface area contributed by atoms with E-state index in [1.165, 1.54) is 29.6 Å². The molecule has 0 aliphatic carbocycles. The monoisotopic (exact) mass is 604 g/mol. The molecule has 3 aromatic heterocycles. The van der Waals surface area contributed by atoms with Gasteiger partial charge in [0.2, 0.25) is 0 Å². The van der Waals surface area contributed by atoms with Crippen LogP contribution < -0.4 is 5.32 Å². The molecule has 12 heteroatoms. The summed E-state index contributed by atoms with van der Waals surface area (Å²) in [6.45, 7) is 0.217. The van der Waals surface area contributed by atoms with Gasteiger partial charge in [0.1, 0.15) is 18.1 Å². The van der Waals surface area contributed by atoms with Crippen LogP contribution in [0.15, 0.2) is 97.8 Å². The van der Waals surface area contributed by atoms with E-state index in [1.54, 1.807) is 30.7 Å². The van der Waals surface area contributed by atoms with Gasteiger partial charge in [0.15, 0.2) is 11.5 Å². The van der Waals surface area contributed by atoms with Crippen molar-refractivity contribution in [2.24, 2.45) is 0 Å². The molecule has 7 rings (SSSR count). The molecule has 0 bridgehead atoms. The Bertz CT molecular complexity index is 2050. The van der Waals surface area contributed by atoms with Gasteiger partial charge in [0.05, 0.1) is 16.7 Å². The summed E-state index contributed by atoms with van der Waals surface area (Å²) in [6.07, 6.45) is 8.38. The van der Waals surface area contributed by atoms with Crippen LogP contribution in [-0.4, -0.2) is 53.2 Å². The number of nitrogens with one attached hydrogen (secondary N) is 1. The molecule has 3 aromatic carbocycles. The van der Waals surface area contributed by atoms with E-state index in [4.69, 9.17) is 11.6 Å². The predicted molar refractivity (Wildman–Crippen MR) is 162 cm³/mol. The molecule has 0 spiro atoms. The standard InChI is InChI=1S/C32H22ClFN8O2/c33-25-7-2-8-28(29(25)34)42-17-27(39-40-42)32(44)41-13-11-23-22(20-15-35-18-36-16-20)5-1-6-24(23)30(41)31(43)38-21-9-10-26-19(14-21)4-3-12-37-26/h1-10,12,14-18,30H,11,13H2,(H,38,43). The molecule has 0 radical (unpaired) electrons. The van der Waals surface area contributed by atoms with Gasteiger partial charge in [-0.25, -0.2) is 19.0 Å². The average molecular weight is 605 g/mol. The normalized spacial score (nSPS) is 14.3. The van der Waals surface area contributed by atoms with Gasteiger partial charge in [0, 0.05) is 41.8 Å².